The standard InChI is InChI=1S/C13H14ClN3O2S/c1-17(10-12-4-2-3-7-15-12)20(18,19)13-6-5-11(8-14)9-16-13/h2-7,9H,8,10H2,1H3. The van der Waals surface area contributed by atoms with Gasteiger partial charge in [0.2, 0.25) is 0 Å². The van der Waals surface area contributed by atoms with Crippen molar-refractivity contribution < 1.29 is 8.42 Å². The van der Waals surface area contributed by atoms with E-state index in [9.17, 15) is 8.42 Å². The Kier molecular flexibility index (Phi) is 4.69. The zero-order valence-electron chi connectivity index (χ0n) is 10.9. The van der Waals surface area contributed by atoms with Crippen molar-refractivity contribution in [3.8, 4) is 0 Å². The molecule has 0 saturated heterocycles. The van der Waals surface area contributed by atoms with Gasteiger partial charge in [0.1, 0.15) is 0 Å². The number of aromatic nitrogens is 2. The molecule has 0 aromatic carbocycles. The summed E-state index contributed by atoms with van der Waals surface area (Å²) in [6, 6.07) is 8.49. The van der Waals surface area contributed by atoms with Gasteiger partial charge in [0, 0.05) is 25.3 Å². The van der Waals surface area contributed by atoms with Gasteiger partial charge in [-0.05, 0) is 23.8 Å². The molecule has 0 spiro atoms. The van der Waals surface area contributed by atoms with Gasteiger partial charge in [-0.2, -0.15) is 4.31 Å². The van der Waals surface area contributed by atoms with Gasteiger partial charge >= 0.3 is 0 Å². The molecule has 2 aromatic heterocycles. The van der Waals surface area contributed by atoms with Crippen molar-refractivity contribution in [3.05, 3.63) is 54.0 Å². The number of nitrogens with zero attached hydrogens (tertiary/aromatic N) is 3. The predicted octanol–water partition coefficient (Wildman–Crippen LogP) is 2.04. The van der Waals surface area contributed by atoms with Gasteiger partial charge in [0.25, 0.3) is 10.0 Å². The molecule has 2 aromatic rings. The summed E-state index contributed by atoms with van der Waals surface area (Å²) in [4.78, 5) is 8.06. The van der Waals surface area contributed by atoms with Gasteiger partial charge in [-0.1, -0.05) is 12.1 Å². The minimum absolute atomic E-state index is 0.00444. The van der Waals surface area contributed by atoms with E-state index in [1.165, 1.54) is 23.6 Å². The van der Waals surface area contributed by atoms with Crippen molar-refractivity contribution in [2.45, 2.75) is 17.5 Å². The number of hydrogen-bond acceptors (Lipinski definition) is 4. The first-order valence-corrected chi connectivity index (χ1v) is 7.88. The summed E-state index contributed by atoms with van der Waals surface area (Å²) in [6.45, 7) is 0.197. The maximum absolute atomic E-state index is 12.3. The van der Waals surface area contributed by atoms with E-state index >= 15 is 0 Å². The fourth-order valence-corrected chi connectivity index (χ4v) is 2.81. The van der Waals surface area contributed by atoms with Gasteiger partial charge in [0.05, 0.1) is 12.2 Å². The first kappa shape index (κ1) is 14.9. The second kappa shape index (κ2) is 6.30. The van der Waals surface area contributed by atoms with E-state index in [4.69, 9.17) is 11.6 Å². The molecule has 0 aliphatic carbocycles. The molecule has 0 atom stereocenters. The third-order valence-corrected chi connectivity index (χ3v) is 4.77. The maximum atomic E-state index is 12.3. The quantitative estimate of drug-likeness (QED) is 0.793. The van der Waals surface area contributed by atoms with Crippen molar-refractivity contribution >= 4 is 21.6 Å². The Bertz CT molecular complexity index is 660. The first-order valence-electron chi connectivity index (χ1n) is 5.91. The monoisotopic (exact) mass is 311 g/mol. The van der Waals surface area contributed by atoms with Crippen LogP contribution in [-0.2, 0) is 22.4 Å². The molecule has 7 heteroatoms. The summed E-state index contributed by atoms with van der Waals surface area (Å²) in [5.41, 5.74) is 1.45. The summed E-state index contributed by atoms with van der Waals surface area (Å²) in [5, 5.41) is 0.00444. The van der Waals surface area contributed by atoms with Gasteiger partial charge in [-0.15, -0.1) is 11.6 Å². The van der Waals surface area contributed by atoms with E-state index in [0.717, 1.165) is 5.56 Å². The predicted molar refractivity (Wildman–Crippen MR) is 76.7 cm³/mol. The normalized spacial score (nSPS) is 11.8. The summed E-state index contributed by atoms with van der Waals surface area (Å²) < 4.78 is 25.9. The Balaban J connectivity index is 2.20. The Morgan fingerprint density at radius 3 is 2.55 bits per heavy atom. The summed E-state index contributed by atoms with van der Waals surface area (Å²) in [5.74, 6) is 0.303. The zero-order chi connectivity index (χ0) is 14.6. The van der Waals surface area contributed by atoms with E-state index in [0.29, 0.717) is 11.6 Å². The van der Waals surface area contributed by atoms with E-state index in [1.54, 1.807) is 24.4 Å². The van der Waals surface area contributed by atoms with Gasteiger partial charge in [0.15, 0.2) is 5.03 Å². The number of alkyl halides is 1. The third-order valence-electron chi connectivity index (χ3n) is 2.74. The number of hydrogen-bond donors (Lipinski definition) is 0. The molecule has 5 nitrogen and oxygen atoms in total. The molecule has 20 heavy (non-hydrogen) atoms. The van der Waals surface area contributed by atoms with Crippen LogP contribution in [0.5, 0.6) is 0 Å². The molecule has 0 N–H and O–H groups in total. The Morgan fingerprint density at radius 1 is 1.20 bits per heavy atom. The third kappa shape index (κ3) is 3.33. The van der Waals surface area contributed by atoms with Crippen LogP contribution < -0.4 is 0 Å². The topological polar surface area (TPSA) is 63.2 Å². The molecular formula is C13H14ClN3O2S. The zero-order valence-corrected chi connectivity index (χ0v) is 12.5. The Labute approximate surface area is 123 Å². The molecule has 0 saturated carbocycles. The highest BCUT2D eigenvalue weighted by atomic mass is 35.5. The van der Waals surface area contributed by atoms with Crippen LogP contribution in [0.4, 0.5) is 0 Å². The van der Waals surface area contributed by atoms with Crippen LogP contribution in [0.2, 0.25) is 0 Å². The molecule has 0 amide bonds. The van der Waals surface area contributed by atoms with Crippen LogP contribution >= 0.6 is 11.6 Å². The number of sulfonamides is 1. The number of rotatable bonds is 5. The second-order valence-corrected chi connectivity index (χ2v) is 6.48. The van der Waals surface area contributed by atoms with Gasteiger partial charge in [-0.3, -0.25) is 4.98 Å². The summed E-state index contributed by atoms with van der Waals surface area (Å²) >= 11 is 5.66. The lowest BCUT2D eigenvalue weighted by Gasteiger charge is -2.16. The molecule has 2 heterocycles. The van der Waals surface area contributed by atoms with E-state index < -0.39 is 10.0 Å². The maximum Gasteiger partial charge on any atom is 0.260 e. The molecular weight excluding hydrogens is 298 g/mol. The second-order valence-electron chi connectivity index (χ2n) is 4.22. The fourth-order valence-electron chi connectivity index (χ4n) is 1.61. The van der Waals surface area contributed by atoms with Crippen LogP contribution in [0.1, 0.15) is 11.3 Å². The van der Waals surface area contributed by atoms with Crippen molar-refractivity contribution in [2.24, 2.45) is 0 Å². The lowest BCUT2D eigenvalue weighted by atomic mass is 10.3. The SMILES string of the molecule is CN(Cc1ccccn1)S(=O)(=O)c1ccc(CCl)cn1. The smallest absolute Gasteiger partial charge is 0.260 e. The van der Waals surface area contributed by atoms with E-state index in [1.807, 2.05) is 6.07 Å². The Hall–Kier alpha value is -1.50. The lowest BCUT2D eigenvalue weighted by molar-refractivity contribution is 0.459. The molecule has 0 aliphatic rings. The highest BCUT2D eigenvalue weighted by Gasteiger charge is 2.22. The Morgan fingerprint density at radius 2 is 2.00 bits per heavy atom. The molecule has 0 radical (unpaired) electrons. The summed E-state index contributed by atoms with van der Waals surface area (Å²) in [7, 11) is -2.12. The van der Waals surface area contributed by atoms with Crippen LogP contribution in [-0.4, -0.2) is 29.7 Å². The van der Waals surface area contributed by atoms with Crippen molar-refractivity contribution in [1.82, 2.24) is 14.3 Å². The van der Waals surface area contributed by atoms with Crippen molar-refractivity contribution in [2.75, 3.05) is 7.05 Å². The minimum Gasteiger partial charge on any atom is -0.260 e. The lowest BCUT2D eigenvalue weighted by Crippen LogP contribution is -2.27. The van der Waals surface area contributed by atoms with Crippen LogP contribution in [0.25, 0.3) is 0 Å². The molecule has 106 valence electrons. The largest absolute Gasteiger partial charge is 0.260 e. The molecule has 0 fully saturated rings. The number of pyridine rings is 2. The molecule has 0 bridgehead atoms. The molecule has 0 unspecified atom stereocenters. The van der Waals surface area contributed by atoms with E-state index in [-0.39, 0.29) is 11.6 Å². The van der Waals surface area contributed by atoms with Crippen LogP contribution in [0, 0.1) is 0 Å². The molecule has 0 aliphatic heterocycles. The van der Waals surface area contributed by atoms with Crippen molar-refractivity contribution in [1.29, 1.82) is 0 Å². The molecule has 2 rings (SSSR count). The van der Waals surface area contributed by atoms with Gasteiger partial charge < -0.3 is 0 Å². The van der Waals surface area contributed by atoms with Crippen LogP contribution in [0.15, 0.2) is 47.8 Å². The average Bonchev–Trinajstić information content (AvgIpc) is 2.48. The fraction of sp³-hybridized carbons (Fsp3) is 0.231. The summed E-state index contributed by atoms with van der Waals surface area (Å²) in [6.07, 6.45) is 3.10. The van der Waals surface area contributed by atoms with E-state index in [2.05, 4.69) is 9.97 Å². The average molecular weight is 312 g/mol. The van der Waals surface area contributed by atoms with Crippen LogP contribution in [0.3, 0.4) is 0 Å². The van der Waals surface area contributed by atoms with Gasteiger partial charge in [-0.25, -0.2) is 13.4 Å². The highest BCUT2D eigenvalue weighted by molar-refractivity contribution is 7.89. The first-order chi connectivity index (χ1) is 9.54. The number of halogens is 1. The van der Waals surface area contributed by atoms with Crippen molar-refractivity contribution in [3.63, 3.8) is 0 Å². The highest BCUT2D eigenvalue weighted by Crippen LogP contribution is 2.14. The minimum atomic E-state index is -3.62.